The number of hydrogen-bond acceptors (Lipinski definition) is 5. The second-order valence-electron chi connectivity index (χ2n) is 9.39. The molecule has 1 aliphatic heterocycles. The average Bonchev–Trinajstić information content (AvgIpc) is 3.53. The molecule has 202 valence electrons. The second kappa shape index (κ2) is 10.6. The topological polar surface area (TPSA) is 68.1 Å². The molecule has 2 aromatic carbocycles. The monoisotopic (exact) mass is 582 g/mol. The summed E-state index contributed by atoms with van der Waals surface area (Å²) in [6.45, 7) is 2.29. The van der Waals surface area contributed by atoms with Gasteiger partial charge < -0.3 is 4.57 Å². The third kappa shape index (κ3) is 5.21. The van der Waals surface area contributed by atoms with Crippen molar-refractivity contribution in [2.24, 2.45) is 5.92 Å². The van der Waals surface area contributed by atoms with Crippen LogP contribution in [0.15, 0.2) is 54.0 Å². The summed E-state index contributed by atoms with van der Waals surface area (Å²) in [6, 6.07) is 13.9. The van der Waals surface area contributed by atoms with E-state index < -0.39 is 15.5 Å². The molecule has 0 spiro atoms. The number of imidazole rings is 1. The maximum absolute atomic E-state index is 13.0. The highest BCUT2D eigenvalue weighted by Crippen LogP contribution is 2.36. The van der Waals surface area contributed by atoms with Crippen molar-refractivity contribution in [1.82, 2.24) is 18.8 Å². The molecule has 1 unspecified atom stereocenters. The normalized spacial score (nSPS) is 16.8. The molecule has 1 fully saturated rings. The fraction of sp³-hybridized carbons (Fsp3) is 0.385. The van der Waals surface area contributed by atoms with Crippen molar-refractivity contribution in [2.75, 3.05) is 13.1 Å². The summed E-state index contributed by atoms with van der Waals surface area (Å²) in [5.74, 6) is 0.827. The Hall–Kier alpha value is -2.47. The van der Waals surface area contributed by atoms with E-state index >= 15 is 0 Å². The first-order valence-electron chi connectivity index (χ1n) is 12.3. The highest BCUT2D eigenvalue weighted by molar-refractivity contribution is 7.90. The van der Waals surface area contributed by atoms with Gasteiger partial charge in [-0.2, -0.15) is 17.5 Å². The van der Waals surface area contributed by atoms with Crippen LogP contribution in [0.3, 0.4) is 0 Å². The number of aromatic nitrogens is 3. The van der Waals surface area contributed by atoms with Crippen LogP contribution in [0, 0.1) is 5.92 Å². The second-order valence-corrected chi connectivity index (χ2v) is 12.7. The van der Waals surface area contributed by atoms with Crippen LogP contribution in [0.2, 0.25) is 5.02 Å². The molecule has 12 heteroatoms. The van der Waals surface area contributed by atoms with E-state index in [4.69, 9.17) is 16.6 Å². The maximum atomic E-state index is 13.0. The zero-order chi connectivity index (χ0) is 27.1. The smallest absolute Gasteiger partial charge is 0.328 e. The van der Waals surface area contributed by atoms with Gasteiger partial charge in [0.2, 0.25) is 0 Å². The van der Waals surface area contributed by atoms with Gasteiger partial charge >= 0.3 is 15.5 Å². The number of sulfonamides is 1. The summed E-state index contributed by atoms with van der Waals surface area (Å²) in [5, 5.41) is 3.55. The first kappa shape index (κ1) is 27.1. The van der Waals surface area contributed by atoms with E-state index in [2.05, 4.69) is 21.7 Å². The van der Waals surface area contributed by atoms with E-state index in [1.54, 1.807) is 17.5 Å². The van der Waals surface area contributed by atoms with E-state index in [1.165, 1.54) is 0 Å². The molecule has 2 aromatic heterocycles. The molecule has 0 saturated carbocycles. The Kier molecular flexibility index (Phi) is 7.56. The molecule has 5 rings (SSSR count). The average molecular weight is 583 g/mol. The maximum Gasteiger partial charge on any atom is 0.511 e. The fourth-order valence-corrected chi connectivity index (χ4v) is 6.99. The molecule has 0 N–H and O–H groups in total. The number of rotatable bonds is 7. The number of hydrogen-bond donors (Lipinski definition) is 0. The molecule has 0 amide bonds. The van der Waals surface area contributed by atoms with E-state index in [-0.39, 0.29) is 24.9 Å². The lowest BCUT2D eigenvalue weighted by Crippen LogP contribution is -2.45. The summed E-state index contributed by atoms with van der Waals surface area (Å²) >= 11 is 7.71. The van der Waals surface area contributed by atoms with Crippen molar-refractivity contribution < 1.29 is 21.6 Å². The number of fused-ring (bicyclic) bond motifs is 1. The number of aryl methyl sites for hydroxylation is 1. The van der Waals surface area contributed by atoms with Crippen LogP contribution in [0.4, 0.5) is 13.2 Å². The van der Waals surface area contributed by atoms with Crippen molar-refractivity contribution in [1.29, 1.82) is 0 Å². The molecule has 38 heavy (non-hydrogen) atoms. The lowest BCUT2D eigenvalue weighted by molar-refractivity contribution is -0.0497. The van der Waals surface area contributed by atoms with Crippen LogP contribution < -0.4 is 0 Å². The Morgan fingerprint density at radius 2 is 1.79 bits per heavy atom. The molecule has 1 atom stereocenters. The lowest BCUT2D eigenvalue weighted by atomic mass is 9.91. The minimum atomic E-state index is -5.30. The highest BCUT2D eigenvalue weighted by Gasteiger charge is 2.50. The summed E-state index contributed by atoms with van der Waals surface area (Å²) in [4.78, 5) is 9.39. The first-order valence-corrected chi connectivity index (χ1v) is 15.0. The van der Waals surface area contributed by atoms with Crippen LogP contribution >= 0.6 is 22.9 Å². The summed E-state index contributed by atoms with van der Waals surface area (Å²) < 4.78 is 65.3. The molecular formula is C26H26ClF3N4O2S2. The van der Waals surface area contributed by atoms with Crippen molar-refractivity contribution in [3.05, 3.63) is 81.0 Å². The number of piperidine rings is 1. The third-order valence-corrected chi connectivity index (χ3v) is 9.77. The van der Waals surface area contributed by atoms with Crippen LogP contribution in [0.25, 0.3) is 11.0 Å². The van der Waals surface area contributed by atoms with Crippen LogP contribution in [-0.4, -0.2) is 45.9 Å². The van der Waals surface area contributed by atoms with Crippen molar-refractivity contribution in [3.63, 3.8) is 0 Å². The van der Waals surface area contributed by atoms with Gasteiger partial charge in [-0.1, -0.05) is 36.7 Å². The number of benzene rings is 2. The van der Waals surface area contributed by atoms with Crippen LogP contribution in [0.5, 0.6) is 0 Å². The number of thiazole rings is 1. The Labute approximate surface area is 228 Å². The van der Waals surface area contributed by atoms with Gasteiger partial charge in [0.25, 0.3) is 0 Å². The molecule has 6 nitrogen and oxygen atoms in total. The van der Waals surface area contributed by atoms with Crippen LogP contribution in [-0.2, 0) is 23.0 Å². The Bertz CT molecular complexity index is 1510. The molecule has 0 bridgehead atoms. The van der Waals surface area contributed by atoms with Crippen LogP contribution in [0.1, 0.15) is 47.6 Å². The zero-order valence-electron chi connectivity index (χ0n) is 20.5. The quantitative estimate of drug-likeness (QED) is 0.251. The molecule has 1 aliphatic rings. The van der Waals surface area contributed by atoms with Gasteiger partial charge in [-0.25, -0.2) is 18.4 Å². The molecule has 1 saturated heterocycles. The third-order valence-electron chi connectivity index (χ3n) is 7.05. The zero-order valence-corrected chi connectivity index (χ0v) is 22.9. The minimum absolute atomic E-state index is 0.0343. The standard InChI is InChI=1S/C26H26ClF3N4O2S2/c1-2-23-32-21-8-5-19(24(25-31-11-14-37-25)18-3-6-20(27)7-4-18)15-22(21)34(23)16-17-9-12-33(13-10-17)38(35,36)26(28,29)30/h3-8,11,14-15,17,24H,2,9-10,12-13,16H2,1H3. The summed E-state index contributed by atoms with van der Waals surface area (Å²) in [5.41, 5.74) is -1.38. The Morgan fingerprint density at radius 1 is 1.11 bits per heavy atom. The first-order chi connectivity index (χ1) is 18.1. The minimum Gasteiger partial charge on any atom is -0.328 e. The van der Waals surface area contributed by atoms with Gasteiger partial charge in [-0.15, -0.1) is 11.3 Å². The largest absolute Gasteiger partial charge is 0.511 e. The SMILES string of the molecule is CCc1nc2ccc(C(c3ccc(Cl)cc3)c3nccs3)cc2n1CC1CCN(S(=O)(=O)C(F)(F)F)CC1. The molecule has 0 aliphatic carbocycles. The van der Waals surface area contributed by atoms with Crippen molar-refractivity contribution in [3.8, 4) is 0 Å². The van der Waals surface area contributed by atoms with E-state index in [0.29, 0.717) is 35.1 Å². The Balaban J connectivity index is 1.46. The van der Waals surface area contributed by atoms with Gasteiger partial charge in [-0.3, -0.25) is 0 Å². The summed E-state index contributed by atoms with van der Waals surface area (Å²) in [6.07, 6.45) is 3.18. The summed E-state index contributed by atoms with van der Waals surface area (Å²) in [7, 11) is -5.30. The van der Waals surface area contributed by atoms with Gasteiger partial charge in [0.15, 0.2) is 0 Å². The number of nitrogens with zero attached hydrogens (tertiary/aromatic N) is 4. The van der Waals surface area contributed by atoms with E-state index in [0.717, 1.165) is 33.0 Å². The van der Waals surface area contributed by atoms with Gasteiger partial charge in [0.1, 0.15) is 10.8 Å². The van der Waals surface area contributed by atoms with Gasteiger partial charge in [0, 0.05) is 42.7 Å². The van der Waals surface area contributed by atoms with Gasteiger partial charge in [0.05, 0.1) is 17.0 Å². The predicted octanol–water partition coefficient (Wildman–Crippen LogP) is 6.45. The fourth-order valence-electron chi connectivity index (χ4n) is 5.09. The van der Waals surface area contributed by atoms with Crippen molar-refractivity contribution in [2.45, 2.75) is 44.2 Å². The van der Waals surface area contributed by atoms with Gasteiger partial charge in [-0.05, 0) is 54.2 Å². The molecule has 4 aromatic rings. The van der Waals surface area contributed by atoms with E-state index in [9.17, 15) is 21.6 Å². The molecule has 0 radical (unpaired) electrons. The lowest BCUT2D eigenvalue weighted by Gasteiger charge is -2.32. The van der Waals surface area contributed by atoms with Crippen molar-refractivity contribution >= 4 is 44.0 Å². The predicted molar refractivity (Wildman–Crippen MR) is 143 cm³/mol. The Morgan fingerprint density at radius 3 is 2.39 bits per heavy atom. The molecule has 3 heterocycles. The molecular weight excluding hydrogens is 557 g/mol. The number of halogens is 4. The van der Waals surface area contributed by atoms with E-state index in [1.807, 2.05) is 42.6 Å². The highest BCUT2D eigenvalue weighted by atomic mass is 35.5. The number of alkyl halides is 3.